The average Bonchev–Trinajstić information content (AvgIpc) is 3.39. The van der Waals surface area contributed by atoms with Gasteiger partial charge in [0.05, 0.1) is 22.3 Å². The van der Waals surface area contributed by atoms with E-state index in [4.69, 9.17) is 11.6 Å². The van der Waals surface area contributed by atoms with E-state index < -0.39 is 10.0 Å². The van der Waals surface area contributed by atoms with Crippen LogP contribution >= 0.6 is 11.6 Å². The fourth-order valence-electron chi connectivity index (χ4n) is 3.19. The molecule has 10 heteroatoms. The Morgan fingerprint density at radius 3 is 2.48 bits per heavy atom. The maximum atomic E-state index is 12.5. The molecule has 3 aromatic rings. The fourth-order valence-corrected chi connectivity index (χ4v) is 4.41. The molecule has 1 aliphatic heterocycles. The van der Waals surface area contributed by atoms with E-state index in [1.165, 1.54) is 30.5 Å². The molecule has 0 aliphatic carbocycles. The molecule has 2 aromatic carbocycles. The molecule has 1 aliphatic rings. The molecule has 0 spiro atoms. The smallest absolute Gasteiger partial charge is 0.283 e. The maximum absolute atomic E-state index is 12.5. The molecule has 2 heterocycles. The second-order valence-electron chi connectivity index (χ2n) is 7.14. The Bertz CT molecular complexity index is 1230. The monoisotopic (exact) mass is 457 g/mol. The summed E-state index contributed by atoms with van der Waals surface area (Å²) in [5.74, 6) is 0.207. The van der Waals surface area contributed by atoms with Gasteiger partial charge in [-0.2, -0.15) is 13.5 Å². The number of halogens is 1. The summed E-state index contributed by atoms with van der Waals surface area (Å²) in [6.07, 6.45) is 4.60. The van der Waals surface area contributed by atoms with Gasteiger partial charge in [-0.1, -0.05) is 11.6 Å². The number of carbonyl (C=O) groups excluding carboxylic acids is 1. The van der Waals surface area contributed by atoms with Crippen molar-refractivity contribution in [2.45, 2.75) is 17.7 Å². The lowest BCUT2D eigenvalue weighted by Crippen LogP contribution is -2.20. The van der Waals surface area contributed by atoms with E-state index in [0.717, 1.165) is 18.7 Å². The first-order valence-electron chi connectivity index (χ1n) is 9.59. The van der Waals surface area contributed by atoms with Gasteiger partial charge in [-0.15, -0.1) is 4.40 Å². The van der Waals surface area contributed by atoms with Crippen LogP contribution in [0.4, 0.5) is 5.69 Å². The first-order valence-corrected chi connectivity index (χ1v) is 11.4. The Labute approximate surface area is 185 Å². The fraction of sp³-hybridized carbons (Fsp3) is 0.190. The minimum absolute atomic E-state index is 0.0776. The molecule has 1 amide bonds. The number of rotatable bonds is 5. The van der Waals surface area contributed by atoms with Crippen LogP contribution in [0.15, 0.2) is 70.2 Å². The third kappa shape index (κ3) is 4.78. The molecular weight excluding hydrogens is 438 g/mol. The van der Waals surface area contributed by atoms with E-state index in [-0.39, 0.29) is 10.8 Å². The van der Waals surface area contributed by atoms with Gasteiger partial charge in [-0.25, -0.2) is 4.68 Å². The lowest BCUT2D eigenvalue weighted by molar-refractivity contribution is 0.102. The Hall–Kier alpha value is -3.17. The van der Waals surface area contributed by atoms with E-state index in [0.29, 0.717) is 28.5 Å². The van der Waals surface area contributed by atoms with Gasteiger partial charge in [-0.05, 0) is 55.0 Å². The number of anilines is 1. The number of benzene rings is 2. The minimum atomic E-state index is -3.79. The number of nitrogens with one attached hydrogen (secondary N) is 1. The van der Waals surface area contributed by atoms with Gasteiger partial charge in [0.2, 0.25) is 0 Å². The third-order valence-corrected chi connectivity index (χ3v) is 6.48. The average molecular weight is 458 g/mol. The summed E-state index contributed by atoms with van der Waals surface area (Å²) in [7, 11) is -1.97. The quantitative estimate of drug-likeness (QED) is 0.631. The van der Waals surface area contributed by atoms with Crippen LogP contribution in [0.5, 0.6) is 0 Å². The van der Waals surface area contributed by atoms with Gasteiger partial charge in [0.15, 0.2) is 0 Å². The molecule has 0 saturated carbocycles. The SMILES string of the molecule is CN1CCCC1=NS(=O)(=O)c1ccc(NC(=O)c2cnn(-c3ccc(Cl)cc3)c2)cc1. The largest absolute Gasteiger partial charge is 0.362 e. The van der Waals surface area contributed by atoms with Crippen molar-refractivity contribution in [2.24, 2.45) is 4.40 Å². The minimum Gasteiger partial charge on any atom is -0.362 e. The summed E-state index contributed by atoms with van der Waals surface area (Å²) < 4.78 is 30.6. The Balaban J connectivity index is 1.45. The number of aromatic nitrogens is 2. The highest BCUT2D eigenvalue weighted by atomic mass is 35.5. The normalized spacial score (nSPS) is 15.4. The molecule has 0 unspecified atom stereocenters. The second-order valence-corrected chi connectivity index (χ2v) is 9.18. The summed E-state index contributed by atoms with van der Waals surface area (Å²) in [5, 5.41) is 7.55. The van der Waals surface area contributed by atoms with Crippen LogP contribution in [0.25, 0.3) is 5.69 Å². The topological polar surface area (TPSA) is 96.7 Å². The summed E-state index contributed by atoms with van der Waals surface area (Å²) >= 11 is 5.89. The molecule has 0 radical (unpaired) electrons. The van der Waals surface area contributed by atoms with Crippen molar-refractivity contribution in [2.75, 3.05) is 18.9 Å². The zero-order valence-corrected chi connectivity index (χ0v) is 18.3. The van der Waals surface area contributed by atoms with Crippen LogP contribution in [0.1, 0.15) is 23.2 Å². The molecule has 1 aromatic heterocycles. The first-order chi connectivity index (χ1) is 14.8. The standard InChI is InChI=1S/C21H20ClN5O3S/c1-26-12-2-3-20(26)25-31(29,30)19-10-6-17(7-11-19)24-21(28)15-13-23-27(14-15)18-8-4-16(22)5-9-18/h4-11,13-14H,2-3,12H2,1H3,(H,24,28). The third-order valence-electron chi connectivity index (χ3n) is 4.91. The molecule has 160 valence electrons. The molecule has 0 bridgehead atoms. The van der Waals surface area contributed by atoms with Crippen LogP contribution in [0.2, 0.25) is 5.02 Å². The van der Waals surface area contributed by atoms with E-state index in [2.05, 4.69) is 14.8 Å². The first kappa shape index (κ1) is 21.1. The highest BCUT2D eigenvalue weighted by Gasteiger charge is 2.20. The van der Waals surface area contributed by atoms with Gasteiger partial charge in [0.25, 0.3) is 15.9 Å². The Kier molecular flexibility index (Phi) is 5.79. The number of sulfonamides is 1. The number of amides is 1. The zero-order chi connectivity index (χ0) is 22.0. The highest BCUT2D eigenvalue weighted by molar-refractivity contribution is 7.90. The molecule has 1 fully saturated rings. The summed E-state index contributed by atoms with van der Waals surface area (Å²) in [4.78, 5) is 14.5. The highest BCUT2D eigenvalue weighted by Crippen LogP contribution is 2.20. The summed E-state index contributed by atoms with van der Waals surface area (Å²) in [6.45, 7) is 0.800. The van der Waals surface area contributed by atoms with Crippen LogP contribution in [0.3, 0.4) is 0 Å². The number of amidine groups is 1. The van der Waals surface area contributed by atoms with Gasteiger partial charge in [-0.3, -0.25) is 4.79 Å². The van der Waals surface area contributed by atoms with E-state index in [9.17, 15) is 13.2 Å². The predicted molar refractivity (Wildman–Crippen MR) is 119 cm³/mol. The van der Waals surface area contributed by atoms with Crippen LogP contribution in [0, 0.1) is 0 Å². The number of hydrogen-bond acceptors (Lipinski definition) is 4. The van der Waals surface area contributed by atoms with Crippen LogP contribution in [-0.2, 0) is 10.0 Å². The van der Waals surface area contributed by atoms with Crippen LogP contribution in [-0.4, -0.2) is 48.4 Å². The lowest BCUT2D eigenvalue weighted by Gasteiger charge is -2.11. The molecule has 31 heavy (non-hydrogen) atoms. The van der Waals surface area contributed by atoms with Gasteiger partial charge < -0.3 is 10.2 Å². The Morgan fingerprint density at radius 2 is 1.84 bits per heavy atom. The summed E-state index contributed by atoms with van der Waals surface area (Å²) in [5.41, 5.74) is 1.60. The van der Waals surface area contributed by atoms with Gasteiger partial charge in [0.1, 0.15) is 5.84 Å². The maximum Gasteiger partial charge on any atom is 0.283 e. The number of carbonyl (C=O) groups is 1. The lowest BCUT2D eigenvalue weighted by atomic mass is 10.3. The van der Waals surface area contributed by atoms with Crippen molar-refractivity contribution < 1.29 is 13.2 Å². The molecule has 0 atom stereocenters. The van der Waals surface area contributed by atoms with Crippen molar-refractivity contribution in [1.82, 2.24) is 14.7 Å². The van der Waals surface area contributed by atoms with Gasteiger partial charge >= 0.3 is 0 Å². The van der Waals surface area contributed by atoms with Crippen molar-refractivity contribution in [1.29, 1.82) is 0 Å². The van der Waals surface area contributed by atoms with E-state index in [1.54, 1.807) is 35.1 Å². The molecule has 1 N–H and O–H groups in total. The Morgan fingerprint density at radius 1 is 1.13 bits per heavy atom. The van der Waals surface area contributed by atoms with Crippen molar-refractivity contribution in [3.8, 4) is 5.69 Å². The molecule has 4 rings (SSSR count). The van der Waals surface area contributed by atoms with Crippen molar-refractivity contribution in [3.63, 3.8) is 0 Å². The van der Waals surface area contributed by atoms with Gasteiger partial charge in [0, 0.05) is 36.9 Å². The second kappa shape index (κ2) is 8.52. The number of nitrogens with zero attached hydrogens (tertiary/aromatic N) is 4. The van der Waals surface area contributed by atoms with Crippen molar-refractivity contribution in [3.05, 3.63) is 71.5 Å². The predicted octanol–water partition coefficient (Wildman–Crippen LogP) is 3.59. The number of hydrogen-bond donors (Lipinski definition) is 1. The van der Waals surface area contributed by atoms with Crippen molar-refractivity contribution >= 4 is 39.1 Å². The zero-order valence-electron chi connectivity index (χ0n) is 16.7. The molecular formula is C21H20ClN5O3S. The number of likely N-dealkylation sites (tertiary alicyclic amines) is 1. The molecule has 8 nitrogen and oxygen atoms in total. The van der Waals surface area contributed by atoms with E-state index in [1.807, 2.05) is 11.9 Å². The summed E-state index contributed by atoms with van der Waals surface area (Å²) in [6, 6.07) is 13.0. The van der Waals surface area contributed by atoms with Crippen LogP contribution < -0.4 is 5.32 Å². The molecule has 1 saturated heterocycles. The van der Waals surface area contributed by atoms with E-state index >= 15 is 0 Å².